The van der Waals surface area contributed by atoms with E-state index >= 15 is 0 Å². The fourth-order valence-electron chi connectivity index (χ4n) is 2.82. The number of ketones is 1. The zero-order valence-electron chi connectivity index (χ0n) is 15.4. The molecule has 0 aliphatic carbocycles. The second kappa shape index (κ2) is 7.53. The van der Waals surface area contributed by atoms with E-state index in [0.717, 1.165) is 5.56 Å². The van der Waals surface area contributed by atoms with Crippen LogP contribution < -0.4 is 5.56 Å². The van der Waals surface area contributed by atoms with Crippen molar-refractivity contribution in [1.82, 2.24) is 9.78 Å². The van der Waals surface area contributed by atoms with Gasteiger partial charge in [-0.05, 0) is 26.8 Å². The first-order valence-electron chi connectivity index (χ1n) is 8.74. The molecule has 138 valence electrons. The Hall–Kier alpha value is -3.28. The van der Waals surface area contributed by atoms with Crippen LogP contribution in [0.1, 0.15) is 40.3 Å². The zero-order chi connectivity index (χ0) is 19.6. The van der Waals surface area contributed by atoms with E-state index in [-0.39, 0.29) is 17.0 Å². The SMILES string of the molecule is CCn1nc(C(=O)O[C@@H](C)C(=O)c2ccc(C)cc2)c2ccccc2c1=O. The molecule has 0 radical (unpaired) electrons. The van der Waals surface area contributed by atoms with E-state index in [9.17, 15) is 14.4 Å². The summed E-state index contributed by atoms with van der Waals surface area (Å²) in [4.78, 5) is 37.6. The average molecular weight is 364 g/mol. The number of carbonyl (C=O) groups excluding carboxylic acids is 2. The van der Waals surface area contributed by atoms with E-state index in [1.807, 2.05) is 19.1 Å². The minimum absolute atomic E-state index is 0.0237. The molecule has 1 heterocycles. The summed E-state index contributed by atoms with van der Waals surface area (Å²) in [6.45, 7) is 5.54. The Labute approximate surface area is 156 Å². The second-order valence-corrected chi connectivity index (χ2v) is 6.29. The van der Waals surface area contributed by atoms with Crippen LogP contribution in [-0.4, -0.2) is 27.6 Å². The summed E-state index contributed by atoms with van der Waals surface area (Å²) in [5.74, 6) is -1.03. The van der Waals surface area contributed by atoms with Crippen LogP contribution in [0.4, 0.5) is 0 Å². The van der Waals surface area contributed by atoms with Gasteiger partial charge in [0.1, 0.15) is 0 Å². The molecule has 0 aliphatic rings. The van der Waals surface area contributed by atoms with Crippen molar-refractivity contribution in [3.05, 3.63) is 75.7 Å². The van der Waals surface area contributed by atoms with Crippen LogP contribution >= 0.6 is 0 Å². The number of fused-ring (bicyclic) bond motifs is 1. The Balaban J connectivity index is 1.92. The van der Waals surface area contributed by atoms with E-state index in [4.69, 9.17) is 4.74 Å². The maximum Gasteiger partial charge on any atom is 0.360 e. The van der Waals surface area contributed by atoms with Gasteiger partial charge in [-0.15, -0.1) is 0 Å². The molecule has 0 saturated heterocycles. The third-order valence-corrected chi connectivity index (χ3v) is 4.35. The van der Waals surface area contributed by atoms with Gasteiger partial charge in [0.15, 0.2) is 11.8 Å². The Morgan fingerprint density at radius 2 is 1.70 bits per heavy atom. The van der Waals surface area contributed by atoms with Gasteiger partial charge in [0.25, 0.3) is 5.56 Å². The van der Waals surface area contributed by atoms with Crippen LogP contribution in [0.15, 0.2) is 53.3 Å². The third-order valence-electron chi connectivity index (χ3n) is 4.35. The molecule has 3 rings (SSSR count). The lowest BCUT2D eigenvalue weighted by atomic mass is 10.1. The molecule has 0 aliphatic heterocycles. The van der Waals surface area contributed by atoms with Crippen molar-refractivity contribution in [2.24, 2.45) is 0 Å². The highest BCUT2D eigenvalue weighted by Crippen LogP contribution is 2.16. The topological polar surface area (TPSA) is 78.3 Å². The first kappa shape index (κ1) is 18.5. The molecule has 3 aromatic rings. The average Bonchev–Trinajstić information content (AvgIpc) is 2.68. The Kier molecular flexibility index (Phi) is 5.16. The molecule has 6 heteroatoms. The summed E-state index contributed by atoms with van der Waals surface area (Å²) in [6, 6.07) is 13.8. The number of ether oxygens (including phenoxy) is 1. The number of benzene rings is 2. The molecule has 0 unspecified atom stereocenters. The lowest BCUT2D eigenvalue weighted by Crippen LogP contribution is -2.29. The number of aromatic nitrogens is 2. The van der Waals surface area contributed by atoms with Gasteiger partial charge in [0.2, 0.25) is 5.78 Å². The minimum Gasteiger partial charge on any atom is -0.449 e. The lowest BCUT2D eigenvalue weighted by Gasteiger charge is -2.14. The van der Waals surface area contributed by atoms with Crippen LogP contribution in [0.2, 0.25) is 0 Å². The Bertz CT molecular complexity index is 1070. The van der Waals surface area contributed by atoms with Gasteiger partial charge >= 0.3 is 5.97 Å². The molecule has 0 spiro atoms. The summed E-state index contributed by atoms with van der Waals surface area (Å²) in [5, 5.41) is 4.93. The van der Waals surface area contributed by atoms with E-state index in [0.29, 0.717) is 22.9 Å². The summed E-state index contributed by atoms with van der Waals surface area (Å²) < 4.78 is 6.58. The highest BCUT2D eigenvalue weighted by Gasteiger charge is 2.23. The molecular weight excluding hydrogens is 344 g/mol. The molecular formula is C21H20N2O4. The third kappa shape index (κ3) is 3.65. The number of Topliss-reactive ketones (excluding diaryl/α,β-unsaturated/α-hetero) is 1. The van der Waals surface area contributed by atoms with Gasteiger partial charge in [-0.2, -0.15) is 5.10 Å². The van der Waals surface area contributed by atoms with Crippen LogP contribution in [-0.2, 0) is 11.3 Å². The predicted octanol–water partition coefficient (Wildman–Crippen LogP) is 3.15. The molecule has 1 aromatic heterocycles. The zero-order valence-corrected chi connectivity index (χ0v) is 15.4. The number of esters is 1. The normalized spacial score (nSPS) is 12.0. The number of rotatable bonds is 5. The van der Waals surface area contributed by atoms with Gasteiger partial charge in [-0.1, -0.05) is 48.0 Å². The largest absolute Gasteiger partial charge is 0.449 e. The molecule has 6 nitrogen and oxygen atoms in total. The van der Waals surface area contributed by atoms with Gasteiger partial charge in [0, 0.05) is 17.5 Å². The second-order valence-electron chi connectivity index (χ2n) is 6.29. The number of aryl methyl sites for hydroxylation is 2. The quantitative estimate of drug-likeness (QED) is 0.513. The first-order chi connectivity index (χ1) is 12.9. The van der Waals surface area contributed by atoms with Crippen molar-refractivity contribution in [2.45, 2.75) is 33.4 Å². The van der Waals surface area contributed by atoms with Crippen LogP contribution in [0.5, 0.6) is 0 Å². The number of hydrogen-bond acceptors (Lipinski definition) is 5. The van der Waals surface area contributed by atoms with Gasteiger partial charge < -0.3 is 4.74 Å². The minimum atomic E-state index is -0.970. The maximum absolute atomic E-state index is 12.7. The van der Waals surface area contributed by atoms with E-state index in [2.05, 4.69) is 5.10 Å². The molecule has 0 saturated carbocycles. The molecule has 27 heavy (non-hydrogen) atoms. The van der Waals surface area contributed by atoms with E-state index in [1.54, 1.807) is 43.3 Å². The van der Waals surface area contributed by atoms with Crippen molar-refractivity contribution >= 4 is 22.5 Å². The highest BCUT2D eigenvalue weighted by atomic mass is 16.5. The summed E-state index contributed by atoms with van der Waals surface area (Å²) >= 11 is 0. The predicted molar refractivity (Wildman–Crippen MR) is 102 cm³/mol. The molecule has 0 N–H and O–H groups in total. The van der Waals surface area contributed by atoms with Crippen LogP contribution in [0, 0.1) is 6.92 Å². The fraction of sp³-hybridized carbons (Fsp3) is 0.238. The summed E-state index contributed by atoms with van der Waals surface area (Å²) in [6.07, 6.45) is -0.970. The summed E-state index contributed by atoms with van der Waals surface area (Å²) in [7, 11) is 0. The van der Waals surface area contributed by atoms with Crippen molar-refractivity contribution in [2.75, 3.05) is 0 Å². The summed E-state index contributed by atoms with van der Waals surface area (Å²) in [5.41, 5.74) is 1.26. The number of hydrogen-bond donors (Lipinski definition) is 0. The van der Waals surface area contributed by atoms with E-state index in [1.165, 1.54) is 11.6 Å². The van der Waals surface area contributed by atoms with Gasteiger partial charge in [-0.25, -0.2) is 9.48 Å². The smallest absolute Gasteiger partial charge is 0.360 e. The lowest BCUT2D eigenvalue weighted by molar-refractivity contribution is 0.0313. The molecule has 0 bridgehead atoms. The highest BCUT2D eigenvalue weighted by molar-refractivity contribution is 6.05. The van der Waals surface area contributed by atoms with Crippen LogP contribution in [0.3, 0.4) is 0 Å². The molecule has 1 atom stereocenters. The van der Waals surface area contributed by atoms with Crippen molar-refractivity contribution in [1.29, 1.82) is 0 Å². The van der Waals surface area contributed by atoms with Crippen molar-refractivity contribution < 1.29 is 14.3 Å². The Morgan fingerprint density at radius 1 is 1.07 bits per heavy atom. The van der Waals surface area contributed by atoms with E-state index < -0.39 is 12.1 Å². The fourth-order valence-corrected chi connectivity index (χ4v) is 2.82. The first-order valence-corrected chi connectivity index (χ1v) is 8.74. The van der Waals surface area contributed by atoms with Gasteiger partial charge in [-0.3, -0.25) is 9.59 Å². The molecule has 0 amide bonds. The van der Waals surface area contributed by atoms with Crippen molar-refractivity contribution in [3.63, 3.8) is 0 Å². The Morgan fingerprint density at radius 3 is 2.33 bits per heavy atom. The van der Waals surface area contributed by atoms with Crippen LogP contribution in [0.25, 0.3) is 10.8 Å². The number of nitrogens with zero attached hydrogens (tertiary/aromatic N) is 2. The number of carbonyl (C=O) groups is 2. The standard InChI is InChI=1S/C21H20N2O4/c1-4-23-20(25)17-8-6-5-7-16(17)18(22-23)21(26)27-14(3)19(24)15-11-9-13(2)10-12-15/h5-12,14H,4H2,1-3H3/t14-/m0/s1. The van der Waals surface area contributed by atoms with Crippen molar-refractivity contribution in [3.8, 4) is 0 Å². The molecule has 0 fully saturated rings. The molecule has 2 aromatic carbocycles. The van der Waals surface area contributed by atoms with Gasteiger partial charge in [0.05, 0.1) is 5.39 Å². The monoisotopic (exact) mass is 364 g/mol. The maximum atomic E-state index is 12.7.